The van der Waals surface area contributed by atoms with Crippen LogP contribution in [-0.2, 0) is 17.6 Å². The van der Waals surface area contributed by atoms with Gasteiger partial charge >= 0.3 is 0 Å². The van der Waals surface area contributed by atoms with E-state index in [4.69, 9.17) is 14.5 Å². The summed E-state index contributed by atoms with van der Waals surface area (Å²) in [5.74, 6) is 1.34. The number of hydrogen-bond acceptors (Lipinski definition) is 6. The molecule has 196 valence electrons. The number of ether oxygens (including phenoxy) is 2. The van der Waals surface area contributed by atoms with E-state index in [1.165, 1.54) is 29.3 Å². The molecular weight excluding hydrogens is 496 g/mol. The lowest BCUT2D eigenvalue weighted by atomic mass is 9.89. The van der Waals surface area contributed by atoms with E-state index < -0.39 is 5.25 Å². The summed E-state index contributed by atoms with van der Waals surface area (Å²) >= 11 is 1.34. The molecule has 0 bridgehead atoms. The average Bonchev–Trinajstić information content (AvgIpc) is 3.24. The van der Waals surface area contributed by atoms with Gasteiger partial charge in [0.05, 0.1) is 29.8 Å². The number of thioether (sulfide) groups is 1. The monoisotopic (exact) mass is 528 g/mol. The third-order valence-electron chi connectivity index (χ3n) is 6.75. The molecule has 7 heteroatoms. The second-order valence-corrected chi connectivity index (χ2v) is 10.5. The van der Waals surface area contributed by atoms with Crippen LogP contribution in [0.5, 0.6) is 11.5 Å². The van der Waals surface area contributed by atoms with Crippen LogP contribution in [0.4, 0.5) is 11.4 Å². The number of ketones is 1. The molecule has 5 rings (SSSR count). The zero-order valence-corrected chi connectivity index (χ0v) is 22.6. The molecule has 1 atom stereocenters. The minimum atomic E-state index is -0.549. The molecule has 2 aliphatic rings. The number of carbonyl (C=O) groups excluding carboxylic acids is 2. The lowest BCUT2D eigenvalue weighted by molar-refractivity contribution is -0.116. The van der Waals surface area contributed by atoms with Crippen molar-refractivity contribution in [2.75, 3.05) is 18.1 Å². The number of hydrogen-bond donors (Lipinski definition) is 0. The minimum Gasteiger partial charge on any atom is -0.494 e. The fourth-order valence-electron chi connectivity index (χ4n) is 4.86. The summed E-state index contributed by atoms with van der Waals surface area (Å²) in [7, 11) is 0. The summed E-state index contributed by atoms with van der Waals surface area (Å²) in [6.07, 6.45) is 4.56. The SMILES string of the molecule is CCOc1ccc(N=C2SC(CC(=O)c3ccc4c(c3)CCCC4)C(=O)N2c2ccc(OCC)cc2)cc1. The molecule has 0 aromatic heterocycles. The van der Waals surface area contributed by atoms with E-state index in [1.807, 2.05) is 74.5 Å². The number of carbonyl (C=O) groups is 2. The Morgan fingerprint density at radius 2 is 1.53 bits per heavy atom. The Labute approximate surface area is 228 Å². The average molecular weight is 529 g/mol. The van der Waals surface area contributed by atoms with Gasteiger partial charge in [0.2, 0.25) is 5.91 Å². The number of amidine groups is 1. The highest BCUT2D eigenvalue weighted by molar-refractivity contribution is 8.16. The van der Waals surface area contributed by atoms with Gasteiger partial charge in [0.15, 0.2) is 11.0 Å². The van der Waals surface area contributed by atoms with E-state index >= 15 is 0 Å². The van der Waals surface area contributed by atoms with E-state index in [0.717, 1.165) is 30.8 Å². The highest BCUT2D eigenvalue weighted by Crippen LogP contribution is 2.37. The number of Topliss-reactive ketones (excluding diaryl/α,β-unsaturated/α-hetero) is 1. The molecular formula is C31H32N2O4S. The van der Waals surface area contributed by atoms with Crippen LogP contribution in [-0.4, -0.2) is 35.3 Å². The van der Waals surface area contributed by atoms with Crippen LogP contribution >= 0.6 is 11.8 Å². The fourth-order valence-corrected chi connectivity index (χ4v) is 6.01. The van der Waals surface area contributed by atoms with Gasteiger partial charge in [-0.3, -0.25) is 14.5 Å². The molecule has 38 heavy (non-hydrogen) atoms. The number of rotatable bonds is 9. The second-order valence-electron chi connectivity index (χ2n) is 9.35. The number of aliphatic imine (C=N–C) groups is 1. The molecule has 1 aliphatic heterocycles. The van der Waals surface area contributed by atoms with E-state index in [1.54, 1.807) is 4.90 Å². The van der Waals surface area contributed by atoms with Gasteiger partial charge in [-0.05, 0) is 105 Å². The summed E-state index contributed by atoms with van der Waals surface area (Å²) in [6, 6.07) is 20.9. The van der Waals surface area contributed by atoms with Crippen molar-refractivity contribution in [3.05, 3.63) is 83.4 Å². The van der Waals surface area contributed by atoms with Crippen LogP contribution in [0.1, 0.15) is 54.6 Å². The standard InChI is InChI=1S/C31H32N2O4S/c1-3-36-26-15-11-24(12-16-26)32-31-33(25-13-17-27(18-14-25)37-4-2)30(35)29(38-31)20-28(34)23-10-9-21-7-5-6-8-22(21)19-23/h9-19,29H,3-8,20H2,1-2H3. The first-order valence-corrected chi connectivity index (χ1v) is 14.1. The Bertz CT molecular complexity index is 1330. The zero-order valence-electron chi connectivity index (χ0n) is 21.8. The van der Waals surface area contributed by atoms with Gasteiger partial charge in [0, 0.05) is 12.0 Å². The van der Waals surface area contributed by atoms with Gasteiger partial charge in [0.25, 0.3) is 0 Å². The van der Waals surface area contributed by atoms with Crippen molar-refractivity contribution in [2.24, 2.45) is 4.99 Å². The maximum Gasteiger partial charge on any atom is 0.247 e. The molecule has 1 aliphatic carbocycles. The molecule has 3 aromatic carbocycles. The second kappa shape index (κ2) is 11.9. The van der Waals surface area contributed by atoms with Crippen molar-refractivity contribution in [2.45, 2.75) is 51.2 Å². The quantitative estimate of drug-likeness (QED) is 0.287. The predicted octanol–water partition coefficient (Wildman–Crippen LogP) is 6.77. The van der Waals surface area contributed by atoms with Crippen molar-refractivity contribution in [1.82, 2.24) is 0 Å². The first-order valence-electron chi connectivity index (χ1n) is 13.3. The van der Waals surface area contributed by atoms with E-state index in [9.17, 15) is 9.59 Å². The molecule has 1 unspecified atom stereocenters. The Morgan fingerprint density at radius 3 is 2.18 bits per heavy atom. The lowest BCUT2D eigenvalue weighted by Crippen LogP contribution is -2.32. The number of nitrogens with zero attached hydrogens (tertiary/aromatic N) is 2. The number of amides is 1. The summed E-state index contributed by atoms with van der Waals surface area (Å²) in [4.78, 5) is 33.4. The predicted molar refractivity (Wildman–Crippen MR) is 153 cm³/mol. The van der Waals surface area contributed by atoms with Crippen LogP contribution in [0, 0.1) is 0 Å². The van der Waals surface area contributed by atoms with Crippen LogP contribution in [0.3, 0.4) is 0 Å². The van der Waals surface area contributed by atoms with Gasteiger partial charge in [-0.1, -0.05) is 23.9 Å². The molecule has 1 fully saturated rings. The maximum absolute atomic E-state index is 13.7. The van der Waals surface area contributed by atoms with Crippen molar-refractivity contribution in [3.63, 3.8) is 0 Å². The fraction of sp³-hybridized carbons (Fsp3) is 0.323. The Balaban J connectivity index is 1.41. The van der Waals surface area contributed by atoms with Crippen LogP contribution in [0.15, 0.2) is 71.7 Å². The van der Waals surface area contributed by atoms with Crippen LogP contribution in [0.25, 0.3) is 0 Å². The maximum atomic E-state index is 13.7. The van der Waals surface area contributed by atoms with Crippen LogP contribution in [0.2, 0.25) is 0 Å². The third kappa shape index (κ3) is 5.78. The van der Waals surface area contributed by atoms with Gasteiger partial charge in [-0.25, -0.2) is 4.99 Å². The molecule has 0 radical (unpaired) electrons. The number of aryl methyl sites for hydroxylation is 2. The first kappa shape index (κ1) is 26.0. The molecule has 6 nitrogen and oxygen atoms in total. The minimum absolute atomic E-state index is 0.0156. The number of fused-ring (bicyclic) bond motifs is 1. The highest BCUT2D eigenvalue weighted by Gasteiger charge is 2.40. The topological polar surface area (TPSA) is 68.2 Å². The molecule has 0 saturated carbocycles. The summed E-state index contributed by atoms with van der Waals surface area (Å²) in [6.45, 7) is 5.02. The molecule has 1 saturated heterocycles. The van der Waals surface area contributed by atoms with Gasteiger partial charge in [-0.15, -0.1) is 0 Å². The lowest BCUT2D eigenvalue weighted by Gasteiger charge is -2.17. The van der Waals surface area contributed by atoms with Crippen molar-refractivity contribution >= 4 is 40.0 Å². The Kier molecular flexibility index (Phi) is 8.13. The summed E-state index contributed by atoms with van der Waals surface area (Å²) < 4.78 is 11.1. The number of benzene rings is 3. The normalized spacial score (nSPS) is 17.9. The van der Waals surface area contributed by atoms with Gasteiger partial charge < -0.3 is 9.47 Å². The molecule has 1 amide bonds. The first-order chi connectivity index (χ1) is 18.6. The van der Waals surface area contributed by atoms with E-state index in [2.05, 4.69) is 6.07 Å². The zero-order chi connectivity index (χ0) is 26.5. The van der Waals surface area contributed by atoms with Gasteiger partial charge in [0.1, 0.15) is 11.5 Å². The van der Waals surface area contributed by atoms with Crippen molar-refractivity contribution in [1.29, 1.82) is 0 Å². The van der Waals surface area contributed by atoms with Crippen molar-refractivity contribution < 1.29 is 19.1 Å². The highest BCUT2D eigenvalue weighted by atomic mass is 32.2. The van der Waals surface area contributed by atoms with E-state index in [-0.39, 0.29) is 18.1 Å². The van der Waals surface area contributed by atoms with Crippen molar-refractivity contribution in [3.8, 4) is 11.5 Å². The molecule has 3 aromatic rings. The van der Waals surface area contributed by atoms with Gasteiger partial charge in [-0.2, -0.15) is 0 Å². The Hall–Kier alpha value is -3.58. The van der Waals surface area contributed by atoms with Crippen LogP contribution < -0.4 is 14.4 Å². The molecule has 0 N–H and O–H groups in total. The van der Waals surface area contributed by atoms with E-state index in [0.29, 0.717) is 35.3 Å². The largest absolute Gasteiger partial charge is 0.494 e. The molecule has 1 heterocycles. The number of anilines is 1. The molecule has 0 spiro atoms. The smallest absolute Gasteiger partial charge is 0.247 e. The summed E-state index contributed by atoms with van der Waals surface area (Å²) in [5, 5.41) is -0.00175. The Morgan fingerprint density at radius 1 is 0.895 bits per heavy atom. The third-order valence-corrected chi connectivity index (χ3v) is 7.89. The summed E-state index contributed by atoms with van der Waals surface area (Å²) in [5.41, 5.74) is 4.69.